The van der Waals surface area contributed by atoms with Crippen LogP contribution in [0.3, 0.4) is 0 Å². The van der Waals surface area contributed by atoms with Gasteiger partial charge in [-0.2, -0.15) is 0 Å². The van der Waals surface area contributed by atoms with Crippen LogP contribution in [0, 0.1) is 0 Å². The average molecular weight is 314 g/mol. The summed E-state index contributed by atoms with van der Waals surface area (Å²) < 4.78 is 0. The minimum Gasteiger partial charge on any atom is -0.507 e. The number of hydrogen-bond donors (Lipinski definition) is 2. The van der Waals surface area contributed by atoms with Crippen LogP contribution in [-0.2, 0) is 0 Å². The molecule has 116 valence electrons. The van der Waals surface area contributed by atoms with E-state index in [1.54, 1.807) is 18.2 Å². The van der Waals surface area contributed by atoms with Crippen molar-refractivity contribution in [2.75, 3.05) is 0 Å². The van der Waals surface area contributed by atoms with E-state index in [1.165, 1.54) is 0 Å². The number of carboxylic acids is 1. The predicted octanol–water partition coefficient (Wildman–Crippen LogP) is 5.06. The highest BCUT2D eigenvalue weighted by atomic mass is 16.4. The zero-order chi connectivity index (χ0) is 16.7. The minimum absolute atomic E-state index is 0.0764. The lowest BCUT2D eigenvalue weighted by molar-refractivity contribution is 0.0698. The Balaban J connectivity index is 2.23. The Morgan fingerprint density at radius 3 is 1.83 bits per heavy atom. The second kappa shape index (κ2) is 5.39. The van der Waals surface area contributed by atoms with Gasteiger partial charge in [-0.3, -0.25) is 0 Å². The number of hydrogen-bond acceptors (Lipinski definition) is 2. The highest BCUT2D eigenvalue weighted by Crippen LogP contribution is 2.41. The number of benzene rings is 4. The first kappa shape index (κ1) is 14.3. The maximum Gasteiger partial charge on any atom is 0.336 e. The standard InChI is InChI=1S/C21H14O3/c22-18-12-10-14-6-2-4-8-16(14)20(18)19-15-7-3-1-5-13(15)9-11-17(19)21(23)24/h1-12,22H,(H,23,24). The number of aromatic hydroxyl groups is 1. The number of aromatic carboxylic acids is 1. The molecule has 0 bridgehead atoms. The Kier molecular flexibility index (Phi) is 3.21. The van der Waals surface area contributed by atoms with Gasteiger partial charge in [-0.25, -0.2) is 4.79 Å². The average Bonchev–Trinajstić information content (AvgIpc) is 2.61. The van der Waals surface area contributed by atoms with Gasteiger partial charge in [-0.15, -0.1) is 0 Å². The molecule has 0 amide bonds. The van der Waals surface area contributed by atoms with Gasteiger partial charge in [0.05, 0.1) is 5.56 Å². The van der Waals surface area contributed by atoms with E-state index >= 15 is 0 Å². The van der Waals surface area contributed by atoms with E-state index in [2.05, 4.69) is 0 Å². The van der Waals surface area contributed by atoms with Crippen LogP contribution < -0.4 is 0 Å². The largest absolute Gasteiger partial charge is 0.507 e. The van der Waals surface area contributed by atoms with E-state index in [0.29, 0.717) is 11.1 Å². The zero-order valence-corrected chi connectivity index (χ0v) is 12.7. The second-order valence-corrected chi connectivity index (χ2v) is 5.70. The Morgan fingerprint density at radius 2 is 1.21 bits per heavy atom. The van der Waals surface area contributed by atoms with E-state index in [1.807, 2.05) is 54.6 Å². The van der Waals surface area contributed by atoms with Gasteiger partial charge in [0.25, 0.3) is 0 Å². The fourth-order valence-electron chi connectivity index (χ4n) is 3.24. The van der Waals surface area contributed by atoms with Gasteiger partial charge in [-0.1, -0.05) is 60.7 Å². The van der Waals surface area contributed by atoms with Gasteiger partial charge in [0.1, 0.15) is 5.75 Å². The van der Waals surface area contributed by atoms with Crippen molar-refractivity contribution < 1.29 is 15.0 Å². The summed E-state index contributed by atoms with van der Waals surface area (Å²) >= 11 is 0. The SMILES string of the molecule is O=C(O)c1ccc2ccccc2c1-c1c(O)ccc2ccccc12. The van der Waals surface area contributed by atoms with Crippen molar-refractivity contribution >= 4 is 27.5 Å². The Bertz CT molecular complexity index is 1100. The molecule has 0 radical (unpaired) electrons. The quantitative estimate of drug-likeness (QED) is 0.543. The third-order valence-electron chi connectivity index (χ3n) is 4.32. The van der Waals surface area contributed by atoms with E-state index in [4.69, 9.17) is 0 Å². The molecule has 0 fully saturated rings. The summed E-state index contributed by atoms with van der Waals surface area (Å²) in [6.45, 7) is 0. The summed E-state index contributed by atoms with van der Waals surface area (Å²) in [7, 11) is 0. The number of carboxylic acid groups (broad SMARTS) is 1. The van der Waals surface area contributed by atoms with Crippen LogP contribution in [0.25, 0.3) is 32.7 Å². The number of carbonyl (C=O) groups is 1. The second-order valence-electron chi connectivity index (χ2n) is 5.70. The van der Waals surface area contributed by atoms with E-state index in [-0.39, 0.29) is 11.3 Å². The molecule has 4 aromatic carbocycles. The van der Waals surface area contributed by atoms with Gasteiger partial charge in [-0.05, 0) is 33.7 Å². The Morgan fingerprint density at radius 1 is 0.667 bits per heavy atom. The van der Waals surface area contributed by atoms with E-state index < -0.39 is 5.97 Å². The molecule has 4 rings (SSSR count). The number of rotatable bonds is 2. The van der Waals surface area contributed by atoms with Gasteiger partial charge in [0.15, 0.2) is 0 Å². The van der Waals surface area contributed by atoms with Gasteiger partial charge >= 0.3 is 5.97 Å². The monoisotopic (exact) mass is 314 g/mol. The van der Waals surface area contributed by atoms with Crippen molar-refractivity contribution in [3.8, 4) is 16.9 Å². The van der Waals surface area contributed by atoms with Crippen molar-refractivity contribution in [3.05, 3.63) is 78.4 Å². The van der Waals surface area contributed by atoms with Crippen molar-refractivity contribution in [2.45, 2.75) is 0 Å². The van der Waals surface area contributed by atoms with E-state index in [0.717, 1.165) is 21.5 Å². The predicted molar refractivity (Wildman–Crippen MR) is 95.5 cm³/mol. The third-order valence-corrected chi connectivity index (χ3v) is 4.32. The number of phenolic OH excluding ortho intramolecular Hbond substituents is 1. The molecule has 3 heteroatoms. The van der Waals surface area contributed by atoms with E-state index in [9.17, 15) is 15.0 Å². The molecule has 0 aliphatic carbocycles. The lowest BCUT2D eigenvalue weighted by Crippen LogP contribution is -2.01. The molecule has 0 spiro atoms. The highest BCUT2D eigenvalue weighted by Gasteiger charge is 2.19. The Hall–Kier alpha value is -3.33. The maximum atomic E-state index is 11.8. The first-order valence-corrected chi connectivity index (χ1v) is 7.63. The summed E-state index contributed by atoms with van der Waals surface area (Å²) in [6.07, 6.45) is 0. The van der Waals surface area contributed by atoms with Crippen molar-refractivity contribution in [1.29, 1.82) is 0 Å². The normalized spacial score (nSPS) is 11.0. The van der Waals surface area contributed by atoms with Crippen molar-refractivity contribution in [3.63, 3.8) is 0 Å². The third kappa shape index (κ3) is 2.10. The molecule has 0 atom stereocenters. The first-order valence-electron chi connectivity index (χ1n) is 7.63. The van der Waals surface area contributed by atoms with Crippen molar-refractivity contribution in [2.24, 2.45) is 0 Å². The summed E-state index contributed by atoms with van der Waals surface area (Å²) in [4.78, 5) is 11.8. The van der Waals surface area contributed by atoms with Crippen LogP contribution in [0.2, 0.25) is 0 Å². The molecule has 0 aliphatic rings. The van der Waals surface area contributed by atoms with Crippen LogP contribution in [0.4, 0.5) is 0 Å². The van der Waals surface area contributed by atoms with Gasteiger partial charge < -0.3 is 10.2 Å². The molecule has 0 heterocycles. The Labute approximate surface area is 138 Å². The molecule has 0 aliphatic heterocycles. The lowest BCUT2D eigenvalue weighted by Gasteiger charge is -2.15. The number of fused-ring (bicyclic) bond motifs is 2. The molecule has 24 heavy (non-hydrogen) atoms. The van der Waals surface area contributed by atoms with Crippen LogP contribution in [0.5, 0.6) is 5.75 Å². The molecular formula is C21H14O3. The number of phenols is 1. The summed E-state index contributed by atoms with van der Waals surface area (Å²) in [5, 5.41) is 23.7. The van der Waals surface area contributed by atoms with Crippen molar-refractivity contribution in [1.82, 2.24) is 0 Å². The first-order chi connectivity index (χ1) is 11.7. The molecule has 0 saturated heterocycles. The fourth-order valence-corrected chi connectivity index (χ4v) is 3.24. The lowest BCUT2D eigenvalue weighted by atomic mass is 9.89. The molecule has 0 saturated carbocycles. The molecule has 0 aromatic heterocycles. The zero-order valence-electron chi connectivity index (χ0n) is 12.7. The van der Waals surface area contributed by atoms with Crippen LogP contribution in [-0.4, -0.2) is 16.2 Å². The molecule has 3 nitrogen and oxygen atoms in total. The highest BCUT2D eigenvalue weighted by molar-refractivity contribution is 6.14. The molecule has 4 aromatic rings. The smallest absolute Gasteiger partial charge is 0.336 e. The topological polar surface area (TPSA) is 57.5 Å². The van der Waals surface area contributed by atoms with Gasteiger partial charge in [0, 0.05) is 11.1 Å². The molecular weight excluding hydrogens is 300 g/mol. The summed E-state index contributed by atoms with van der Waals surface area (Å²) in [5.74, 6) is -0.935. The molecule has 2 N–H and O–H groups in total. The summed E-state index contributed by atoms with van der Waals surface area (Å²) in [6, 6.07) is 22.1. The summed E-state index contributed by atoms with van der Waals surface area (Å²) in [5.41, 5.74) is 1.29. The minimum atomic E-state index is -1.01. The van der Waals surface area contributed by atoms with Crippen LogP contribution >= 0.6 is 0 Å². The van der Waals surface area contributed by atoms with Crippen LogP contribution in [0.15, 0.2) is 72.8 Å². The van der Waals surface area contributed by atoms with Crippen LogP contribution in [0.1, 0.15) is 10.4 Å². The maximum absolute atomic E-state index is 11.8. The molecule has 0 unspecified atom stereocenters. The van der Waals surface area contributed by atoms with Gasteiger partial charge in [0.2, 0.25) is 0 Å². The fraction of sp³-hybridized carbons (Fsp3) is 0.